The third kappa shape index (κ3) is 3.45. The van der Waals surface area contributed by atoms with Gasteiger partial charge in [0.15, 0.2) is 0 Å². The Morgan fingerprint density at radius 3 is 2.59 bits per heavy atom. The molecule has 94 valence electrons. The van der Waals surface area contributed by atoms with E-state index < -0.39 is 0 Å². The predicted octanol–water partition coefficient (Wildman–Crippen LogP) is 4.37. The monoisotopic (exact) mass is 235 g/mol. The molecular weight excluding hydrogens is 213 g/mol. The SMILES string of the molecule is Cc1cc(F)ccc1NCC1CCC(C)CC1. The minimum absolute atomic E-state index is 0.153. The topological polar surface area (TPSA) is 12.0 Å². The van der Waals surface area contributed by atoms with E-state index in [9.17, 15) is 4.39 Å². The van der Waals surface area contributed by atoms with Gasteiger partial charge in [-0.25, -0.2) is 4.39 Å². The van der Waals surface area contributed by atoms with Crippen molar-refractivity contribution in [1.82, 2.24) is 0 Å². The second-order valence-corrected chi connectivity index (χ2v) is 5.47. The third-order valence-electron chi connectivity index (χ3n) is 3.91. The summed E-state index contributed by atoms with van der Waals surface area (Å²) < 4.78 is 13.0. The van der Waals surface area contributed by atoms with Gasteiger partial charge < -0.3 is 5.32 Å². The van der Waals surface area contributed by atoms with Crippen LogP contribution in [0.25, 0.3) is 0 Å². The van der Waals surface area contributed by atoms with E-state index in [1.165, 1.54) is 31.7 Å². The van der Waals surface area contributed by atoms with Gasteiger partial charge >= 0.3 is 0 Å². The third-order valence-corrected chi connectivity index (χ3v) is 3.91. The molecule has 0 unspecified atom stereocenters. The molecule has 1 fully saturated rings. The number of aryl methyl sites for hydroxylation is 1. The predicted molar refractivity (Wildman–Crippen MR) is 70.7 cm³/mol. The van der Waals surface area contributed by atoms with Crippen molar-refractivity contribution in [2.75, 3.05) is 11.9 Å². The molecule has 1 aromatic rings. The highest BCUT2D eigenvalue weighted by Gasteiger charge is 2.17. The molecule has 0 aromatic heterocycles. The Bertz CT molecular complexity index is 367. The summed E-state index contributed by atoms with van der Waals surface area (Å²) in [5, 5.41) is 3.46. The molecule has 0 spiro atoms. The van der Waals surface area contributed by atoms with Crippen molar-refractivity contribution in [2.24, 2.45) is 11.8 Å². The molecule has 1 nitrogen and oxygen atoms in total. The highest BCUT2D eigenvalue weighted by atomic mass is 19.1. The lowest BCUT2D eigenvalue weighted by atomic mass is 9.83. The second-order valence-electron chi connectivity index (χ2n) is 5.47. The van der Waals surface area contributed by atoms with Gasteiger partial charge in [-0.2, -0.15) is 0 Å². The molecule has 17 heavy (non-hydrogen) atoms. The second kappa shape index (κ2) is 5.52. The van der Waals surface area contributed by atoms with Gasteiger partial charge in [-0.15, -0.1) is 0 Å². The van der Waals surface area contributed by atoms with Crippen LogP contribution in [-0.2, 0) is 0 Å². The van der Waals surface area contributed by atoms with Crippen molar-refractivity contribution in [1.29, 1.82) is 0 Å². The van der Waals surface area contributed by atoms with E-state index in [1.807, 2.05) is 13.0 Å². The van der Waals surface area contributed by atoms with Crippen LogP contribution in [0.1, 0.15) is 38.2 Å². The van der Waals surface area contributed by atoms with E-state index in [-0.39, 0.29) is 5.82 Å². The maximum Gasteiger partial charge on any atom is 0.123 e. The summed E-state index contributed by atoms with van der Waals surface area (Å²) in [6.45, 7) is 5.32. The first kappa shape index (κ1) is 12.4. The smallest absolute Gasteiger partial charge is 0.123 e. The first-order valence-electron chi connectivity index (χ1n) is 6.65. The van der Waals surface area contributed by atoms with Crippen LogP contribution in [0.5, 0.6) is 0 Å². The summed E-state index contributed by atoms with van der Waals surface area (Å²) in [4.78, 5) is 0. The van der Waals surface area contributed by atoms with Crippen molar-refractivity contribution >= 4 is 5.69 Å². The summed E-state index contributed by atoms with van der Waals surface area (Å²) in [6, 6.07) is 4.96. The Hall–Kier alpha value is -1.05. The van der Waals surface area contributed by atoms with Gasteiger partial charge in [0.2, 0.25) is 0 Å². The van der Waals surface area contributed by atoms with Crippen molar-refractivity contribution in [3.8, 4) is 0 Å². The van der Waals surface area contributed by atoms with Crippen molar-refractivity contribution in [3.05, 3.63) is 29.6 Å². The van der Waals surface area contributed by atoms with Gasteiger partial charge in [0, 0.05) is 12.2 Å². The molecule has 2 rings (SSSR count). The van der Waals surface area contributed by atoms with Crippen molar-refractivity contribution in [2.45, 2.75) is 39.5 Å². The van der Waals surface area contributed by atoms with E-state index in [4.69, 9.17) is 0 Å². The highest BCUT2D eigenvalue weighted by molar-refractivity contribution is 5.50. The Morgan fingerprint density at radius 1 is 1.24 bits per heavy atom. The average molecular weight is 235 g/mol. The first-order valence-corrected chi connectivity index (χ1v) is 6.65. The first-order chi connectivity index (χ1) is 8.15. The van der Waals surface area contributed by atoms with Crippen LogP contribution in [0.15, 0.2) is 18.2 Å². The van der Waals surface area contributed by atoms with Crippen molar-refractivity contribution in [3.63, 3.8) is 0 Å². The molecule has 2 heteroatoms. The zero-order chi connectivity index (χ0) is 12.3. The summed E-state index contributed by atoms with van der Waals surface area (Å²) in [6.07, 6.45) is 5.37. The van der Waals surface area contributed by atoms with E-state index in [2.05, 4.69) is 12.2 Å². The summed E-state index contributed by atoms with van der Waals surface area (Å²) in [5.74, 6) is 1.54. The van der Waals surface area contributed by atoms with Crippen LogP contribution in [0, 0.1) is 24.6 Å². The maximum atomic E-state index is 13.0. The Kier molecular flexibility index (Phi) is 4.03. The van der Waals surface area contributed by atoms with Crippen LogP contribution in [0.3, 0.4) is 0 Å². The fourth-order valence-corrected chi connectivity index (χ4v) is 2.61. The minimum Gasteiger partial charge on any atom is -0.385 e. The van der Waals surface area contributed by atoms with E-state index >= 15 is 0 Å². The molecule has 1 aliphatic carbocycles. The molecule has 0 atom stereocenters. The summed E-state index contributed by atoms with van der Waals surface area (Å²) in [5.41, 5.74) is 2.07. The van der Waals surface area contributed by atoms with E-state index in [0.717, 1.165) is 29.6 Å². The largest absolute Gasteiger partial charge is 0.385 e. The molecule has 0 saturated heterocycles. The Morgan fingerprint density at radius 2 is 1.94 bits per heavy atom. The number of rotatable bonds is 3. The lowest BCUT2D eigenvalue weighted by Crippen LogP contribution is -2.20. The molecule has 1 aromatic carbocycles. The Balaban J connectivity index is 1.85. The van der Waals surface area contributed by atoms with Gasteiger partial charge in [-0.05, 0) is 55.4 Å². The van der Waals surface area contributed by atoms with Crippen LogP contribution in [-0.4, -0.2) is 6.54 Å². The molecule has 0 amide bonds. The Labute approximate surface area is 103 Å². The zero-order valence-electron chi connectivity index (χ0n) is 10.8. The molecule has 1 N–H and O–H groups in total. The fraction of sp³-hybridized carbons (Fsp3) is 0.600. The van der Waals surface area contributed by atoms with Crippen molar-refractivity contribution < 1.29 is 4.39 Å². The molecule has 0 radical (unpaired) electrons. The quantitative estimate of drug-likeness (QED) is 0.820. The summed E-state index contributed by atoms with van der Waals surface area (Å²) in [7, 11) is 0. The highest BCUT2D eigenvalue weighted by Crippen LogP contribution is 2.28. The molecule has 0 bridgehead atoms. The zero-order valence-corrected chi connectivity index (χ0v) is 10.8. The number of hydrogen-bond acceptors (Lipinski definition) is 1. The molecule has 1 saturated carbocycles. The van der Waals surface area contributed by atoms with Gasteiger partial charge in [-0.3, -0.25) is 0 Å². The minimum atomic E-state index is -0.153. The number of hydrogen-bond donors (Lipinski definition) is 1. The normalized spacial score (nSPS) is 24.6. The van der Waals surface area contributed by atoms with Gasteiger partial charge in [0.25, 0.3) is 0 Å². The maximum absolute atomic E-state index is 13.0. The molecule has 0 aliphatic heterocycles. The van der Waals surface area contributed by atoms with Crippen LogP contribution in [0.4, 0.5) is 10.1 Å². The standard InChI is InChI=1S/C15H22FN/c1-11-3-5-13(6-4-11)10-17-15-8-7-14(16)9-12(15)2/h7-9,11,13,17H,3-6,10H2,1-2H3. The molecular formula is C15H22FN. The lowest BCUT2D eigenvalue weighted by molar-refractivity contribution is 0.300. The number of anilines is 1. The van der Waals surface area contributed by atoms with Crippen LogP contribution >= 0.6 is 0 Å². The molecule has 1 aliphatic rings. The van der Waals surface area contributed by atoms with Gasteiger partial charge in [0.1, 0.15) is 5.82 Å². The number of benzene rings is 1. The van der Waals surface area contributed by atoms with E-state index in [0.29, 0.717) is 0 Å². The van der Waals surface area contributed by atoms with Crippen LogP contribution < -0.4 is 5.32 Å². The van der Waals surface area contributed by atoms with Crippen LogP contribution in [0.2, 0.25) is 0 Å². The number of nitrogens with one attached hydrogen (secondary N) is 1. The van der Waals surface area contributed by atoms with Gasteiger partial charge in [-0.1, -0.05) is 19.8 Å². The van der Waals surface area contributed by atoms with E-state index in [1.54, 1.807) is 6.07 Å². The number of halogens is 1. The lowest BCUT2D eigenvalue weighted by Gasteiger charge is -2.26. The fourth-order valence-electron chi connectivity index (χ4n) is 2.61. The average Bonchev–Trinajstić information content (AvgIpc) is 2.30. The summed E-state index contributed by atoms with van der Waals surface area (Å²) >= 11 is 0. The van der Waals surface area contributed by atoms with Gasteiger partial charge in [0.05, 0.1) is 0 Å². The molecule has 0 heterocycles.